The molecule has 6 nitrogen and oxygen atoms in total. The van der Waals surface area contributed by atoms with Gasteiger partial charge in [0.05, 0.1) is 0 Å². The highest BCUT2D eigenvalue weighted by molar-refractivity contribution is 6.00. The van der Waals surface area contributed by atoms with Gasteiger partial charge in [-0.05, 0) is 33.9 Å². The number of nitrogens with one attached hydrogen (secondary N) is 2. The van der Waals surface area contributed by atoms with Crippen molar-refractivity contribution in [3.05, 3.63) is 35.9 Å². The van der Waals surface area contributed by atoms with Gasteiger partial charge in [0, 0.05) is 31.1 Å². The topological polar surface area (TPSA) is 76.7 Å². The Labute approximate surface area is 149 Å². The van der Waals surface area contributed by atoms with Gasteiger partial charge in [0.15, 0.2) is 11.9 Å². The van der Waals surface area contributed by atoms with Gasteiger partial charge in [0.1, 0.15) is 5.60 Å². The molecule has 0 spiro atoms. The van der Waals surface area contributed by atoms with E-state index in [0.717, 1.165) is 0 Å². The Bertz CT molecular complexity index is 589. The van der Waals surface area contributed by atoms with Gasteiger partial charge in [-0.15, -0.1) is 0 Å². The molecule has 138 valence electrons. The fourth-order valence-electron chi connectivity index (χ4n) is 3.10. The maximum Gasteiger partial charge on any atom is 0.408 e. The molecule has 1 aromatic rings. The molecule has 6 heteroatoms. The number of piperidine rings is 1. The number of methoxy groups -OCH3 is 1. The van der Waals surface area contributed by atoms with Gasteiger partial charge in [0.2, 0.25) is 0 Å². The zero-order valence-electron chi connectivity index (χ0n) is 15.4. The molecule has 0 bridgehead atoms. The molecule has 0 radical (unpaired) electrons. The number of carbonyl (C=O) groups is 2. The van der Waals surface area contributed by atoms with Crippen LogP contribution in [0.1, 0.15) is 44.0 Å². The molecule has 1 amide bonds. The molecule has 2 N–H and O–H groups in total. The lowest BCUT2D eigenvalue weighted by Crippen LogP contribution is -2.58. The van der Waals surface area contributed by atoms with E-state index in [1.54, 1.807) is 12.1 Å². The Morgan fingerprint density at radius 1 is 1.16 bits per heavy atom. The first-order chi connectivity index (χ1) is 11.8. The van der Waals surface area contributed by atoms with Crippen molar-refractivity contribution in [3.63, 3.8) is 0 Å². The van der Waals surface area contributed by atoms with E-state index in [1.165, 1.54) is 7.11 Å². The van der Waals surface area contributed by atoms with Crippen LogP contribution in [0.3, 0.4) is 0 Å². The Kier molecular flexibility index (Phi) is 6.19. The monoisotopic (exact) mass is 348 g/mol. The van der Waals surface area contributed by atoms with Crippen molar-refractivity contribution in [1.29, 1.82) is 0 Å². The van der Waals surface area contributed by atoms with E-state index in [1.807, 2.05) is 39.0 Å². The molecule has 1 atom stereocenters. The number of hydrogen-bond acceptors (Lipinski definition) is 5. The molecule has 1 heterocycles. The molecular weight excluding hydrogens is 320 g/mol. The number of rotatable bonds is 5. The number of Topliss-reactive ketones (excluding diaryl/α,β-unsaturated/α-hetero) is 1. The van der Waals surface area contributed by atoms with E-state index in [-0.39, 0.29) is 5.78 Å². The van der Waals surface area contributed by atoms with Crippen LogP contribution in [0.25, 0.3) is 0 Å². The van der Waals surface area contributed by atoms with Crippen LogP contribution in [0.5, 0.6) is 0 Å². The van der Waals surface area contributed by atoms with Crippen molar-refractivity contribution in [2.45, 2.75) is 50.9 Å². The van der Waals surface area contributed by atoms with Gasteiger partial charge in [-0.1, -0.05) is 30.3 Å². The third kappa shape index (κ3) is 5.03. The smallest absolute Gasteiger partial charge is 0.408 e. The van der Waals surface area contributed by atoms with Crippen molar-refractivity contribution in [2.24, 2.45) is 0 Å². The third-order valence-electron chi connectivity index (χ3n) is 4.23. The van der Waals surface area contributed by atoms with Crippen LogP contribution >= 0.6 is 0 Å². The fourth-order valence-corrected chi connectivity index (χ4v) is 3.10. The van der Waals surface area contributed by atoms with Gasteiger partial charge in [0.25, 0.3) is 0 Å². The second-order valence-corrected chi connectivity index (χ2v) is 7.43. The van der Waals surface area contributed by atoms with Crippen molar-refractivity contribution in [3.8, 4) is 0 Å². The maximum atomic E-state index is 13.0. The fraction of sp³-hybridized carbons (Fsp3) is 0.579. The number of benzene rings is 1. The number of ether oxygens (including phenoxy) is 2. The van der Waals surface area contributed by atoms with Crippen molar-refractivity contribution >= 4 is 11.9 Å². The molecule has 0 aliphatic carbocycles. The van der Waals surface area contributed by atoms with E-state index in [4.69, 9.17) is 9.47 Å². The summed E-state index contributed by atoms with van der Waals surface area (Å²) in [5, 5.41) is 6.04. The molecule has 1 aliphatic heterocycles. The molecule has 1 unspecified atom stereocenters. The summed E-state index contributed by atoms with van der Waals surface area (Å²) in [6.07, 6.45) is -0.344. The lowest BCUT2D eigenvalue weighted by molar-refractivity contribution is -0.0968. The Hall–Kier alpha value is -1.92. The summed E-state index contributed by atoms with van der Waals surface area (Å²) < 4.78 is 11.4. The first-order valence-corrected chi connectivity index (χ1v) is 8.61. The predicted octanol–water partition coefficient (Wildman–Crippen LogP) is 2.53. The van der Waals surface area contributed by atoms with E-state index in [2.05, 4.69) is 10.6 Å². The normalized spacial score (nSPS) is 18.2. The van der Waals surface area contributed by atoms with Gasteiger partial charge in [-0.3, -0.25) is 4.79 Å². The summed E-state index contributed by atoms with van der Waals surface area (Å²) >= 11 is 0. The minimum absolute atomic E-state index is 0.173. The second-order valence-electron chi connectivity index (χ2n) is 7.43. The van der Waals surface area contributed by atoms with Crippen LogP contribution in [0.15, 0.2) is 30.3 Å². The Morgan fingerprint density at radius 3 is 2.28 bits per heavy atom. The van der Waals surface area contributed by atoms with Crippen molar-refractivity contribution in [1.82, 2.24) is 10.6 Å². The standard InChI is InChI=1S/C19H28N2O4/c1-18(2,3)21-17(23)25-19(10-12-20-13-11-19)16(24-4)15(22)14-8-6-5-7-9-14/h5-9,16,20H,10-13H2,1-4H3,(H,21,23). The molecule has 1 aliphatic rings. The largest absolute Gasteiger partial charge is 0.440 e. The van der Waals surface area contributed by atoms with Crippen LogP contribution in [0.4, 0.5) is 4.79 Å². The van der Waals surface area contributed by atoms with Crippen LogP contribution in [-0.2, 0) is 9.47 Å². The third-order valence-corrected chi connectivity index (χ3v) is 4.23. The lowest BCUT2D eigenvalue weighted by atomic mass is 9.82. The molecule has 2 rings (SSSR count). The van der Waals surface area contributed by atoms with Gasteiger partial charge in [-0.25, -0.2) is 4.79 Å². The number of carbonyl (C=O) groups excluding carboxylic acids is 2. The van der Waals surface area contributed by atoms with Crippen LogP contribution in [0, 0.1) is 0 Å². The molecule has 0 saturated carbocycles. The molecule has 1 aromatic carbocycles. The average molecular weight is 348 g/mol. The lowest BCUT2D eigenvalue weighted by Gasteiger charge is -2.41. The van der Waals surface area contributed by atoms with E-state index >= 15 is 0 Å². The highest BCUT2D eigenvalue weighted by Crippen LogP contribution is 2.31. The van der Waals surface area contributed by atoms with Gasteiger partial charge in [-0.2, -0.15) is 0 Å². The summed E-state index contributed by atoms with van der Waals surface area (Å²) in [6, 6.07) is 8.97. The Balaban J connectivity index is 2.27. The van der Waals surface area contributed by atoms with Crippen molar-refractivity contribution in [2.75, 3.05) is 20.2 Å². The van der Waals surface area contributed by atoms with E-state index in [0.29, 0.717) is 31.5 Å². The van der Waals surface area contributed by atoms with Crippen molar-refractivity contribution < 1.29 is 19.1 Å². The predicted molar refractivity (Wildman–Crippen MR) is 95.8 cm³/mol. The van der Waals surface area contributed by atoms with E-state index in [9.17, 15) is 9.59 Å². The van der Waals surface area contributed by atoms with Crippen LogP contribution in [0.2, 0.25) is 0 Å². The van der Waals surface area contributed by atoms with Gasteiger partial charge >= 0.3 is 6.09 Å². The molecule has 25 heavy (non-hydrogen) atoms. The highest BCUT2D eigenvalue weighted by atomic mass is 16.6. The zero-order chi connectivity index (χ0) is 18.5. The first-order valence-electron chi connectivity index (χ1n) is 8.61. The number of ketones is 1. The summed E-state index contributed by atoms with van der Waals surface area (Å²) in [5.74, 6) is -0.173. The first kappa shape index (κ1) is 19.4. The summed E-state index contributed by atoms with van der Waals surface area (Å²) in [6.45, 7) is 6.96. The number of alkyl carbamates (subject to hydrolysis) is 1. The molecule has 1 fully saturated rings. The van der Waals surface area contributed by atoms with E-state index < -0.39 is 23.3 Å². The molecule has 0 aromatic heterocycles. The number of amides is 1. The SMILES string of the molecule is COC(C(=O)c1ccccc1)C1(OC(=O)NC(C)(C)C)CCNCC1. The summed E-state index contributed by atoms with van der Waals surface area (Å²) in [5.41, 5.74) is -0.855. The summed E-state index contributed by atoms with van der Waals surface area (Å²) in [4.78, 5) is 25.4. The minimum atomic E-state index is -0.984. The second kappa shape index (κ2) is 7.97. The minimum Gasteiger partial charge on any atom is -0.440 e. The number of hydrogen-bond donors (Lipinski definition) is 2. The van der Waals surface area contributed by atoms with Gasteiger partial charge < -0.3 is 20.1 Å². The summed E-state index contributed by atoms with van der Waals surface area (Å²) in [7, 11) is 1.49. The Morgan fingerprint density at radius 2 is 1.76 bits per heavy atom. The van der Waals surface area contributed by atoms with Crippen LogP contribution < -0.4 is 10.6 Å². The highest BCUT2D eigenvalue weighted by Gasteiger charge is 2.48. The zero-order valence-corrected chi connectivity index (χ0v) is 15.4. The quantitative estimate of drug-likeness (QED) is 0.800. The van der Waals surface area contributed by atoms with Crippen LogP contribution in [-0.4, -0.2) is 49.3 Å². The average Bonchev–Trinajstić information content (AvgIpc) is 2.55. The molecule has 1 saturated heterocycles. The maximum absolute atomic E-state index is 13.0. The molecular formula is C19H28N2O4.